The molecule has 1 aliphatic rings. The summed E-state index contributed by atoms with van der Waals surface area (Å²) in [7, 11) is 0. The van der Waals surface area contributed by atoms with Crippen molar-refractivity contribution >= 4 is 11.5 Å². The van der Waals surface area contributed by atoms with Crippen LogP contribution in [-0.2, 0) is 0 Å². The van der Waals surface area contributed by atoms with E-state index in [0.717, 1.165) is 45.0 Å². The molecular formula is C16H28N4. The van der Waals surface area contributed by atoms with E-state index >= 15 is 0 Å². The van der Waals surface area contributed by atoms with Crippen LogP contribution >= 0.6 is 0 Å². The maximum atomic E-state index is 4.38. The zero-order valence-electron chi connectivity index (χ0n) is 13.1. The number of aromatic nitrogens is 1. The SMILES string of the molecule is CCCNc1cc(N2CCN(C(C)CC)CC2)ccn1. The van der Waals surface area contributed by atoms with Gasteiger partial charge in [-0.05, 0) is 25.8 Å². The first kappa shape index (κ1) is 15.1. The second kappa shape index (κ2) is 7.48. The first-order chi connectivity index (χ1) is 9.74. The molecule has 20 heavy (non-hydrogen) atoms. The number of pyridine rings is 1. The van der Waals surface area contributed by atoms with Crippen molar-refractivity contribution in [3.8, 4) is 0 Å². The van der Waals surface area contributed by atoms with Crippen LogP contribution < -0.4 is 10.2 Å². The molecule has 1 aliphatic heterocycles. The maximum absolute atomic E-state index is 4.38. The highest BCUT2D eigenvalue weighted by Gasteiger charge is 2.20. The van der Waals surface area contributed by atoms with Crippen molar-refractivity contribution in [1.82, 2.24) is 9.88 Å². The van der Waals surface area contributed by atoms with Crippen molar-refractivity contribution in [2.75, 3.05) is 42.9 Å². The monoisotopic (exact) mass is 276 g/mol. The third kappa shape index (κ3) is 3.85. The molecule has 0 aliphatic carbocycles. The first-order valence-electron chi connectivity index (χ1n) is 7.93. The lowest BCUT2D eigenvalue weighted by molar-refractivity contribution is 0.193. The highest BCUT2D eigenvalue weighted by atomic mass is 15.3. The van der Waals surface area contributed by atoms with Crippen molar-refractivity contribution < 1.29 is 0 Å². The third-order valence-corrected chi connectivity index (χ3v) is 4.19. The van der Waals surface area contributed by atoms with Crippen LogP contribution in [0.1, 0.15) is 33.6 Å². The van der Waals surface area contributed by atoms with E-state index in [1.807, 2.05) is 6.20 Å². The van der Waals surface area contributed by atoms with Gasteiger partial charge in [-0.25, -0.2) is 4.98 Å². The van der Waals surface area contributed by atoms with Gasteiger partial charge in [-0.3, -0.25) is 4.90 Å². The molecule has 0 bridgehead atoms. The molecule has 1 unspecified atom stereocenters. The van der Waals surface area contributed by atoms with Crippen LogP contribution in [0.2, 0.25) is 0 Å². The van der Waals surface area contributed by atoms with Gasteiger partial charge in [0.05, 0.1) is 0 Å². The summed E-state index contributed by atoms with van der Waals surface area (Å²) in [6.45, 7) is 12.3. The standard InChI is InChI=1S/C16H28N4/c1-4-7-17-16-13-15(6-8-18-16)20-11-9-19(10-12-20)14(3)5-2/h6,8,13-14H,4-5,7,9-12H2,1-3H3,(H,17,18). The van der Waals surface area contributed by atoms with E-state index in [-0.39, 0.29) is 0 Å². The Morgan fingerprint density at radius 2 is 2.00 bits per heavy atom. The molecule has 2 heterocycles. The van der Waals surface area contributed by atoms with Gasteiger partial charge in [-0.1, -0.05) is 13.8 Å². The first-order valence-corrected chi connectivity index (χ1v) is 7.93. The van der Waals surface area contributed by atoms with Crippen LogP contribution in [0, 0.1) is 0 Å². The van der Waals surface area contributed by atoms with Crippen LogP contribution in [0.15, 0.2) is 18.3 Å². The van der Waals surface area contributed by atoms with E-state index in [1.54, 1.807) is 0 Å². The average molecular weight is 276 g/mol. The van der Waals surface area contributed by atoms with Crippen LogP contribution in [0.4, 0.5) is 11.5 Å². The van der Waals surface area contributed by atoms with E-state index in [2.05, 4.69) is 53.0 Å². The van der Waals surface area contributed by atoms with Crippen molar-refractivity contribution in [1.29, 1.82) is 0 Å². The van der Waals surface area contributed by atoms with Gasteiger partial charge in [-0.15, -0.1) is 0 Å². The summed E-state index contributed by atoms with van der Waals surface area (Å²) in [5.41, 5.74) is 1.29. The predicted molar refractivity (Wildman–Crippen MR) is 86.6 cm³/mol. The van der Waals surface area contributed by atoms with Gasteiger partial charge in [0.15, 0.2) is 0 Å². The van der Waals surface area contributed by atoms with E-state index in [4.69, 9.17) is 0 Å². The number of nitrogens with zero attached hydrogens (tertiary/aromatic N) is 3. The molecule has 1 saturated heterocycles. The second-order valence-corrected chi connectivity index (χ2v) is 5.61. The molecular weight excluding hydrogens is 248 g/mol. The number of rotatable bonds is 6. The fraction of sp³-hybridized carbons (Fsp3) is 0.688. The van der Waals surface area contributed by atoms with Gasteiger partial charge in [0.1, 0.15) is 5.82 Å². The molecule has 0 spiro atoms. The lowest BCUT2D eigenvalue weighted by atomic mass is 10.2. The summed E-state index contributed by atoms with van der Waals surface area (Å²) in [5, 5.41) is 3.36. The largest absolute Gasteiger partial charge is 0.370 e. The highest BCUT2D eigenvalue weighted by Crippen LogP contribution is 2.20. The van der Waals surface area contributed by atoms with Crippen molar-refractivity contribution in [2.24, 2.45) is 0 Å². The minimum atomic E-state index is 0.705. The van der Waals surface area contributed by atoms with E-state index < -0.39 is 0 Å². The maximum Gasteiger partial charge on any atom is 0.127 e. The Morgan fingerprint density at radius 1 is 1.25 bits per heavy atom. The molecule has 1 fully saturated rings. The molecule has 1 aromatic heterocycles. The summed E-state index contributed by atoms with van der Waals surface area (Å²) in [6.07, 6.45) is 4.27. The van der Waals surface area contributed by atoms with Gasteiger partial charge < -0.3 is 10.2 Å². The molecule has 0 radical (unpaired) electrons. The van der Waals surface area contributed by atoms with Crippen molar-refractivity contribution in [2.45, 2.75) is 39.7 Å². The number of anilines is 2. The normalized spacial score (nSPS) is 18.1. The summed E-state index contributed by atoms with van der Waals surface area (Å²) in [5.74, 6) is 0.994. The minimum absolute atomic E-state index is 0.705. The van der Waals surface area contributed by atoms with Crippen LogP contribution in [0.3, 0.4) is 0 Å². The Labute approximate surface area is 123 Å². The molecule has 4 heteroatoms. The number of piperazine rings is 1. The molecule has 1 aromatic rings. The van der Waals surface area contributed by atoms with Gasteiger partial charge in [-0.2, -0.15) is 0 Å². The van der Waals surface area contributed by atoms with Gasteiger partial charge in [0, 0.05) is 56.7 Å². The summed E-state index contributed by atoms with van der Waals surface area (Å²) >= 11 is 0. The molecule has 0 saturated carbocycles. The Hall–Kier alpha value is -1.29. The van der Waals surface area contributed by atoms with Crippen LogP contribution in [-0.4, -0.2) is 48.6 Å². The molecule has 112 valence electrons. The summed E-state index contributed by atoms with van der Waals surface area (Å²) < 4.78 is 0. The minimum Gasteiger partial charge on any atom is -0.370 e. The van der Waals surface area contributed by atoms with Crippen molar-refractivity contribution in [3.63, 3.8) is 0 Å². The average Bonchev–Trinajstić information content (AvgIpc) is 2.52. The van der Waals surface area contributed by atoms with Gasteiger partial charge in [0.25, 0.3) is 0 Å². The molecule has 1 atom stereocenters. The number of nitrogens with one attached hydrogen (secondary N) is 1. The highest BCUT2D eigenvalue weighted by molar-refractivity contribution is 5.54. The van der Waals surface area contributed by atoms with Crippen LogP contribution in [0.5, 0.6) is 0 Å². The third-order valence-electron chi connectivity index (χ3n) is 4.19. The summed E-state index contributed by atoms with van der Waals surface area (Å²) in [4.78, 5) is 9.44. The predicted octanol–water partition coefficient (Wildman–Crippen LogP) is 2.82. The fourth-order valence-electron chi connectivity index (χ4n) is 2.64. The molecule has 4 nitrogen and oxygen atoms in total. The molecule has 0 aromatic carbocycles. The Kier molecular flexibility index (Phi) is 5.65. The van der Waals surface area contributed by atoms with Crippen molar-refractivity contribution in [3.05, 3.63) is 18.3 Å². The lowest BCUT2D eigenvalue weighted by Crippen LogP contribution is -2.49. The zero-order valence-corrected chi connectivity index (χ0v) is 13.1. The zero-order chi connectivity index (χ0) is 14.4. The molecule has 0 amide bonds. The fourth-order valence-corrected chi connectivity index (χ4v) is 2.64. The second-order valence-electron chi connectivity index (χ2n) is 5.61. The van der Waals surface area contributed by atoms with Gasteiger partial charge in [0.2, 0.25) is 0 Å². The Bertz CT molecular complexity index is 399. The van der Waals surface area contributed by atoms with Crippen LogP contribution in [0.25, 0.3) is 0 Å². The molecule has 1 N–H and O–H groups in total. The van der Waals surface area contributed by atoms with Gasteiger partial charge >= 0.3 is 0 Å². The molecule has 2 rings (SSSR count). The quantitative estimate of drug-likeness (QED) is 0.866. The summed E-state index contributed by atoms with van der Waals surface area (Å²) in [6, 6.07) is 5.00. The van der Waals surface area contributed by atoms with E-state index in [1.165, 1.54) is 12.1 Å². The lowest BCUT2D eigenvalue weighted by Gasteiger charge is -2.39. The van der Waals surface area contributed by atoms with E-state index in [0.29, 0.717) is 6.04 Å². The number of hydrogen-bond acceptors (Lipinski definition) is 4. The topological polar surface area (TPSA) is 31.4 Å². The number of hydrogen-bond donors (Lipinski definition) is 1. The Balaban J connectivity index is 1.93. The smallest absolute Gasteiger partial charge is 0.127 e. The van der Waals surface area contributed by atoms with E-state index in [9.17, 15) is 0 Å². The Morgan fingerprint density at radius 3 is 2.65 bits per heavy atom.